The fourth-order valence-corrected chi connectivity index (χ4v) is 2.49. The van der Waals surface area contributed by atoms with E-state index in [1.807, 2.05) is 30.3 Å². The van der Waals surface area contributed by atoms with Gasteiger partial charge in [-0.3, -0.25) is 14.4 Å². The van der Waals surface area contributed by atoms with Crippen LogP contribution in [0.1, 0.15) is 29.0 Å². The quantitative estimate of drug-likeness (QED) is 0.857. The van der Waals surface area contributed by atoms with Crippen LogP contribution >= 0.6 is 0 Å². The third-order valence-corrected chi connectivity index (χ3v) is 4.22. The monoisotopic (exact) mass is 327 g/mol. The Labute approximate surface area is 137 Å². The van der Waals surface area contributed by atoms with E-state index in [0.717, 1.165) is 5.69 Å². The van der Waals surface area contributed by atoms with Crippen LogP contribution in [0, 0.1) is 12.3 Å². The van der Waals surface area contributed by atoms with Gasteiger partial charge in [-0.1, -0.05) is 18.2 Å². The highest BCUT2D eigenvalue weighted by atomic mass is 16.4. The Morgan fingerprint density at radius 1 is 1.29 bits per heavy atom. The lowest BCUT2D eigenvalue weighted by atomic mass is 10.1. The molecule has 0 unspecified atom stereocenters. The first-order valence-electron chi connectivity index (χ1n) is 7.61. The zero-order chi connectivity index (χ0) is 17.3. The highest BCUT2D eigenvalue weighted by Gasteiger charge is 2.50. The van der Waals surface area contributed by atoms with Gasteiger partial charge >= 0.3 is 5.97 Å². The van der Waals surface area contributed by atoms with E-state index in [9.17, 15) is 14.4 Å². The summed E-state index contributed by atoms with van der Waals surface area (Å²) in [5, 5.41) is 15.8. The van der Waals surface area contributed by atoms with Crippen LogP contribution in [0.25, 0.3) is 5.69 Å². The summed E-state index contributed by atoms with van der Waals surface area (Å²) < 4.78 is 1.51. The Kier molecular flexibility index (Phi) is 3.92. The van der Waals surface area contributed by atoms with E-state index >= 15 is 0 Å². The number of carbonyl (C=O) groups excluding carboxylic acids is 1. The van der Waals surface area contributed by atoms with Gasteiger partial charge in [0.05, 0.1) is 11.1 Å². The number of aromatic nitrogens is 2. The van der Waals surface area contributed by atoms with Crippen LogP contribution in [0.3, 0.4) is 0 Å². The van der Waals surface area contributed by atoms with Gasteiger partial charge in [-0.25, -0.2) is 4.68 Å². The van der Waals surface area contributed by atoms with Crippen molar-refractivity contribution in [2.24, 2.45) is 5.41 Å². The summed E-state index contributed by atoms with van der Waals surface area (Å²) in [6.45, 7) is 1.73. The van der Waals surface area contributed by atoms with E-state index in [4.69, 9.17) is 5.11 Å². The number of aliphatic carboxylic acids is 1. The standard InChI is InChI=1S/C17H17N3O4/c1-11-9-13(21)14(19-20(11)12-5-3-2-4-6-12)15(22)18-10-17(7-8-17)16(23)24/h2-6,9H,7-8,10H2,1H3,(H,18,22)(H,23,24). The van der Waals surface area contributed by atoms with Gasteiger partial charge < -0.3 is 10.4 Å². The van der Waals surface area contributed by atoms with Crippen molar-refractivity contribution in [3.63, 3.8) is 0 Å². The maximum atomic E-state index is 12.3. The van der Waals surface area contributed by atoms with Crippen molar-refractivity contribution in [2.45, 2.75) is 19.8 Å². The molecule has 7 nitrogen and oxygen atoms in total. The number of hydrogen-bond donors (Lipinski definition) is 2. The smallest absolute Gasteiger partial charge is 0.311 e. The third-order valence-electron chi connectivity index (χ3n) is 4.22. The molecule has 7 heteroatoms. The number of amides is 1. The zero-order valence-corrected chi connectivity index (χ0v) is 13.2. The molecule has 0 radical (unpaired) electrons. The molecule has 1 amide bonds. The first kappa shape index (κ1) is 15.9. The van der Waals surface area contributed by atoms with Crippen LogP contribution in [-0.2, 0) is 4.79 Å². The fraction of sp³-hybridized carbons (Fsp3) is 0.294. The number of nitrogens with zero attached hydrogens (tertiary/aromatic N) is 2. The van der Waals surface area contributed by atoms with Gasteiger partial charge in [0.1, 0.15) is 0 Å². The van der Waals surface area contributed by atoms with Crippen molar-refractivity contribution in [3.05, 3.63) is 58.0 Å². The molecule has 0 atom stereocenters. The van der Waals surface area contributed by atoms with Crippen molar-refractivity contribution < 1.29 is 14.7 Å². The van der Waals surface area contributed by atoms with Gasteiger partial charge in [0.2, 0.25) is 5.43 Å². The molecule has 3 rings (SSSR count). The zero-order valence-electron chi connectivity index (χ0n) is 13.2. The molecule has 0 saturated heterocycles. The molecule has 1 aromatic heterocycles. The van der Waals surface area contributed by atoms with E-state index in [1.54, 1.807) is 6.92 Å². The number of aryl methyl sites for hydroxylation is 1. The lowest BCUT2D eigenvalue weighted by Crippen LogP contribution is -2.37. The lowest BCUT2D eigenvalue weighted by Gasteiger charge is -2.13. The van der Waals surface area contributed by atoms with Crippen molar-refractivity contribution in [1.82, 2.24) is 15.1 Å². The molecule has 1 heterocycles. The van der Waals surface area contributed by atoms with E-state index in [0.29, 0.717) is 18.5 Å². The van der Waals surface area contributed by atoms with E-state index in [1.165, 1.54) is 10.7 Å². The van der Waals surface area contributed by atoms with E-state index in [2.05, 4.69) is 10.4 Å². The average Bonchev–Trinajstić information content (AvgIpc) is 3.35. The van der Waals surface area contributed by atoms with Gasteiger partial charge in [-0.05, 0) is 31.9 Å². The Hall–Kier alpha value is -2.96. The largest absolute Gasteiger partial charge is 0.481 e. The summed E-state index contributed by atoms with van der Waals surface area (Å²) in [5.74, 6) is -1.58. The predicted molar refractivity (Wildman–Crippen MR) is 86.2 cm³/mol. The van der Waals surface area contributed by atoms with Crippen LogP contribution in [0.5, 0.6) is 0 Å². The molecule has 124 valence electrons. The van der Waals surface area contributed by atoms with Crippen LogP contribution < -0.4 is 10.7 Å². The Morgan fingerprint density at radius 3 is 2.54 bits per heavy atom. The van der Waals surface area contributed by atoms with E-state index < -0.39 is 22.7 Å². The first-order valence-corrected chi connectivity index (χ1v) is 7.61. The lowest BCUT2D eigenvalue weighted by molar-refractivity contribution is -0.143. The molecule has 1 aliphatic carbocycles. The molecule has 1 fully saturated rings. The minimum Gasteiger partial charge on any atom is -0.481 e. The molecule has 0 spiro atoms. The third kappa shape index (κ3) is 2.92. The number of carboxylic acid groups (broad SMARTS) is 1. The second kappa shape index (κ2) is 5.92. The second-order valence-corrected chi connectivity index (χ2v) is 6.01. The SMILES string of the molecule is Cc1cc(=O)c(C(=O)NCC2(C(=O)O)CC2)nn1-c1ccccc1. The number of benzene rings is 1. The Morgan fingerprint density at radius 2 is 1.96 bits per heavy atom. The number of hydrogen-bond acceptors (Lipinski definition) is 4. The number of carbonyl (C=O) groups is 2. The molecule has 24 heavy (non-hydrogen) atoms. The molecule has 2 aromatic rings. The maximum Gasteiger partial charge on any atom is 0.311 e. The molecule has 2 N–H and O–H groups in total. The number of para-hydroxylation sites is 1. The topological polar surface area (TPSA) is 101 Å². The molecular formula is C17H17N3O4. The minimum absolute atomic E-state index is 0.00149. The number of rotatable bonds is 5. The van der Waals surface area contributed by atoms with Crippen molar-refractivity contribution in [2.75, 3.05) is 6.54 Å². The summed E-state index contributed by atoms with van der Waals surface area (Å²) in [6, 6.07) is 10.5. The van der Waals surface area contributed by atoms with Crippen molar-refractivity contribution in [1.29, 1.82) is 0 Å². The minimum atomic E-state index is -0.929. The molecule has 1 aliphatic rings. The van der Waals surface area contributed by atoms with Gasteiger partial charge in [0, 0.05) is 18.3 Å². The maximum absolute atomic E-state index is 12.3. The molecule has 1 saturated carbocycles. The van der Waals surface area contributed by atoms with E-state index in [-0.39, 0.29) is 12.2 Å². The molecule has 0 aliphatic heterocycles. The normalized spacial score (nSPS) is 14.9. The second-order valence-electron chi connectivity index (χ2n) is 6.01. The Bertz CT molecular complexity index is 854. The van der Waals surface area contributed by atoms with Crippen molar-refractivity contribution >= 4 is 11.9 Å². The molecule has 0 bridgehead atoms. The first-order chi connectivity index (χ1) is 11.4. The summed E-state index contributed by atoms with van der Waals surface area (Å²) >= 11 is 0. The molecular weight excluding hydrogens is 310 g/mol. The number of nitrogens with one attached hydrogen (secondary N) is 1. The van der Waals surface area contributed by atoms with Gasteiger partial charge in [0.15, 0.2) is 5.69 Å². The van der Waals surface area contributed by atoms with Crippen LogP contribution in [0.15, 0.2) is 41.2 Å². The highest BCUT2D eigenvalue weighted by Crippen LogP contribution is 2.45. The summed E-state index contributed by atoms with van der Waals surface area (Å²) in [5.41, 5.74) is -0.290. The summed E-state index contributed by atoms with van der Waals surface area (Å²) in [7, 11) is 0. The predicted octanol–water partition coefficient (Wildman–Crippen LogP) is 1.14. The summed E-state index contributed by atoms with van der Waals surface area (Å²) in [6.07, 6.45) is 1.05. The summed E-state index contributed by atoms with van der Waals surface area (Å²) in [4.78, 5) is 35.5. The van der Waals surface area contributed by atoms with Crippen molar-refractivity contribution in [3.8, 4) is 5.69 Å². The van der Waals surface area contributed by atoms with Crippen LogP contribution in [0.2, 0.25) is 0 Å². The van der Waals surface area contributed by atoms with Gasteiger partial charge in [-0.2, -0.15) is 5.10 Å². The average molecular weight is 327 g/mol. The Balaban J connectivity index is 1.86. The molecule has 1 aromatic carbocycles. The van der Waals surface area contributed by atoms with Crippen LogP contribution in [0.4, 0.5) is 0 Å². The van der Waals surface area contributed by atoms with Gasteiger partial charge in [0.25, 0.3) is 5.91 Å². The highest BCUT2D eigenvalue weighted by molar-refractivity contribution is 5.92. The number of carboxylic acids is 1. The fourth-order valence-electron chi connectivity index (χ4n) is 2.49. The van der Waals surface area contributed by atoms with Gasteiger partial charge in [-0.15, -0.1) is 0 Å². The van der Waals surface area contributed by atoms with Crippen LogP contribution in [-0.4, -0.2) is 33.3 Å².